The Morgan fingerprint density at radius 2 is 1.71 bits per heavy atom. The van der Waals surface area contributed by atoms with Gasteiger partial charge in [0, 0.05) is 0 Å². The Balaban J connectivity index is 1.88. The molecule has 0 heterocycles. The van der Waals surface area contributed by atoms with Crippen molar-refractivity contribution in [3.8, 4) is 5.75 Å². The van der Waals surface area contributed by atoms with Crippen LogP contribution in [0, 0.1) is 0 Å². The monoisotopic (exact) mass is 326 g/mol. The first kappa shape index (κ1) is 18.5. The quantitative estimate of drug-likeness (QED) is 0.546. The molecule has 2 aromatic rings. The molecule has 2 rings (SSSR count). The van der Waals surface area contributed by atoms with Crippen LogP contribution in [-0.4, -0.2) is 12.9 Å². The number of hydrogen-bond donors (Lipinski definition) is 0. The zero-order valence-corrected chi connectivity index (χ0v) is 15.4. The van der Waals surface area contributed by atoms with Gasteiger partial charge in [-0.3, -0.25) is 0 Å². The van der Waals surface area contributed by atoms with Crippen molar-refractivity contribution in [2.45, 2.75) is 59.2 Å². The van der Waals surface area contributed by atoms with Gasteiger partial charge in [0.05, 0.1) is 6.61 Å². The molecular weight excluding hydrogens is 296 g/mol. The molecule has 0 aliphatic carbocycles. The van der Waals surface area contributed by atoms with Crippen LogP contribution in [0.4, 0.5) is 0 Å². The van der Waals surface area contributed by atoms with Gasteiger partial charge in [0.25, 0.3) is 0 Å². The summed E-state index contributed by atoms with van der Waals surface area (Å²) >= 11 is 0. The SMILES string of the molecule is CCc1cc(OC(C)OCCc2ccccc2)ccc1C(C)CC. The average molecular weight is 326 g/mol. The molecule has 130 valence electrons. The normalized spacial score (nSPS) is 13.5. The summed E-state index contributed by atoms with van der Waals surface area (Å²) in [6.45, 7) is 9.34. The zero-order valence-electron chi connectivity index (χ0n) is 15.4. The Bertz CT molecular complexity index is 607. The molecule has 0 saturated carbocycles. The molecule has 0 aliphatic rings. The van der Waals surface area contributed by atoms with E-state index in [0.29, 0.717) is 12.5 Å². The van der Waals surface area contributed by atoms with Gasteiger partial charge < -0.3 is 9.47 Å². The summed E-state index contributed by atoms with van der Waals surface area (Å²) in [6.07, 6.45) is 2.85. The van der Waals surface area contributed by atoms with Gasteiger partial charge in [-0.2, -0.15) is 0 Å². The summed E-state index contributed by atoms with van der Waals surface area (Å²) in [5, 5.41) is 0. The van der Waals surface area contributed by atoms with Crippen LogP contribution in [0.2, 0.25) is 0 Å². The van der Waals surface area contributed by atoms with Gasteiger partial charge in [0.15, 0.2) is 6.29 Å². The minimum atomic E-state index is -0.243. The fraction of sp³-hybridized carbons (Fsp3) is 0.455. The molecule has 0 amide bonds. The van der Waals surface area contributed by atoms with Crippen molar-refractivity contribution in [2.24, 2.45) is 0 Å². The second-order valence-corrected chi connectivity index (χ2v) is 6.32. The van der Waals surface area contributed by atoms with Crippen LogP contribution < -0.4 is 4.74 Å². The first-order chi connectivity index (χ1) is 11.6. The topological polar surface area (TPSA) is 18.5 Å². The predicted octanol–water partition coefficient (Wildman–Crippen LogP) is 5.75. The lowest BCUT2D eigenvalue weighted by Crippen LogP contribution is -2.18. The lowest BCUT2D eigenvalue weighted by Gasteiger charge is -2.19. The molecule has 2 nitrogen and oxygen atoms in total. The first-order valence-electron chi connectivity index (χ1n) is 9.09. The fourth-order valence-electron chi connectivity index (χ4n) is 2.88. The van der Waals surface area contributed by atoms with Crippen LogP contribution in [-0.2, 0) is 17.6 Å². The summed E-state index contributed by atoms with van der Waals surface area (Å²) in [6, 6.07) is 16.8. The smallest absolute Gasteiger partial charge is 0.196 e. The second kappa shape index (κ2) is 9.48. The second-order valence-electron chi connectivity index (χ2n) is 6.32. The molecule has 2 unspecified atom stereocenters. The third-order valence-electron chi connectivity index (χ3n) is 4.53. The van der Waals surface area contributed by atoms with Crippen LogP contribution in [0.3, 0.4) is 0 Å². The van der Waals surface area contributed by atoms with Crippen LogP contribution >= 0.6 is 0 Å². The maximum Gasteiger partial charge on any atom is 0.196 e. The molecular formula is C22H30O2. The number of aryl methyl sites for hydroxylation is 1. The molecule has 0 aromatic heterocycles. The van der Waals surface area contributed by atoms with Crippen molar-refractivity contribution in [3.05, 3.63) is 65.2 Å². The number of benzene rings is 2. The lowest BCUT2D eigenvalue weighted by molar-refractivity contribution is -0.0654. The van der Waals surface area contributed by atoms with Crippen LogP contribution in [0.1, 0.15) is 56.7 Å². The van der Waals surface area contributed by atoms with Gasteiger partial charge in [-0.15, -0.1) is 0 Å². The molecule has 0 radical (unpaired) electrons. The van der Waals surface area contributed by atoms with Crippen molar-refractivity contribution in [1.82, 2.24) is 0 Å². The molecule has 2 atom stereocenters. The molecule has 0 saturated heterocycles. The minimum Gasteiger partial charge on any atom is -0.465 e. The third kappa shape index (κ3) is 5.38. The highest BCUT2D eigenvalue weighted by molar-refractivity contribution is 5.37. The number of hydrogen-bond acceptors (Lipinski definition) is 2. The maximum atomic E-state index is 5.94. The van der Waals surface area contributed by atoms with Crippen LogP contribution in [0.5, 0.6) is 5.75 Å². The van der Waals surface area contributed by atoms with Gasteiger partial charge in [-0.05, 0) is 60.9 Å². The molecule has 0 N–H and O–H groups in total. The molecule has 0 fully saturated rings. The maximum absolute atomic E-state index is 5.94. The van der Waals surface area contributed by atoms with E-state index in [9.17, 15) is 0 Å². The summed E-state index contributed by atoms with van der Waals surface area (Å²) in [4.78, 5) is 0. The zero-order chi connectivity index (χ0) is 17.4. The van der Waals surface area contributed by atoms with Crippen LogP contribution in [0.25, 0.3) is 0 Å². The number of rotatable bonds is 9. The van der Waals surface area contributed by atoms with Gasteiger partial charge in [0.2, 0.25) is 0 Å². The Morgan fingerprint density at radius 3 is 2.38 bits per heavy atom. The first-order valence-corrected chi connectivity index (χ1v) is 9.09. The summed E-state index contributed by atoms with van der Waals surface area (Å²) in [7, 11) is 0. The Hall–Kier alpha value is -1.80. The molecule has 24 heavy (non-hydrogen) atoms. The van der Waals surface area contributed by atoms with Gasteiger partial charge in [-0.1, -0.05) is 57.2 Å². The molecule has 2 aromatic carbocycles. The standard InChI is InChI=1S/C22H30O2/c1-5-17(3)22-13-12-21(16-20(22)6-2)24-18(4)23-15-14-19-10-8-7-9-11-19/h7-13,16-18H,5-6,14-15H2,1-4H3. The Kier molecular flexibility index (Phi) is 7.33. The van der Waals surface area contributed by atoms with E-state index in [0.717, 1.165) is 25.0 Å². The van der Waals surface area contributed by atoms with E-state index in [-0.39, 0.29) is 6.29 Å². The van der Waals surface area contributed by atoms with Crippen molar-refractivity contribution in [2.75, 3.05) is 6.61 Å². The molecule has 0 spiro atoms. The molecule has 0 bridgehead atoms. The highest BCUT2D eigenvalue weighted by Gasteiger charge is 2.11. The van der Waals surface area contributed by atoms with Crippen molar-refractivity contribution in [3.63, 3.8) is 0 Å². The highest BCUT2D eigenvalue weighted by atomic mass is 16.7. The Morgan fingerprint density at radius 1 is 0.958 bits per heavy atom. The summed E-state index contributed by atoms with van der Waals surface area (Å²) in [5.74, 6) is 1.49. The summed E-state index contributed by atoms with van der Waals surface area (Å²) in [5.41, 5.74) is 4.10. The van der Waals surface area contributed by atoms with Gasteiger partial charge >= 0.3 is 0 Å². The van der Waals surface area contributed by atoms with E-state index in [1.54, 1.807) is 0 Å². The fourth-order valence-corrected chi connectivity index (χ4v) is 2.88. The molecule has 0 aliphatic heterocycles. The highest BCUT2D eigenvalue weighted by Crippen LogP contribution is 2.27. The van der Waals surface area contributed by atoms with E-state index in [1.807, 2.05) is 13.0 Å². The van der Waals surface area contributed by atoms with E-state index in [1.165, 1.54) is 16.7 Å². The lowest BCUT2D eigenvalue weighted by atomic mass is 9.92. The van der Waals surface area contributed by atoms with E-state index in [2.05, 4.69) is 63.2 Å². The van der Waals surface area contributed by atoms with E-state index in [4.69, 9.17) is 9.47 Å². The van der Waals surface area contributed by atoms with Gasteiger partial charge in [-0.25, -0.2) is 0 Å². The third-order valence-corrected chi connectivity index (χ3v) is 4.53. The minimum absolute atomic E-state index is 0.243. The van der Waals surface area contributed by atoms with Crippen molar-refractivity contribution < 1.29 is 9.47 Å². The predicted molar refractivity (Wildman–Crippen MR) is 101 cm³/mol. The van der Waals surface area contributed by atoms with Crippen LogP contribution in [0.15, 0.2) is 48.5 Å². The largest absolute Gasteiger partial charge is 0.465 e. The molecule has 2 heteroatoms. The average Bonchev–Trinajstić information content (AvgIpc) is 2.61. The van der Waals surface area contributed by atoms with Crippen molar-refractivity contribution in [1.29, 1.82) is 0 Å². The van der Waals surface area contributed by atoms with Crippen molar-refractivity contribution >= 4 is 0 Å². The summed E-state index contributed by atoms with van der Waals surface area (Å²) < 4.78 is 11.7. The Labute approximate surface area is 146 Å². The van der Waals surface area contributed by atoms with E-state index >= 15 is 0 Å². The van der Waals surface area contributed by atoms with E-state index < -0.39 is 0 Å². The number of ether oxygens (including phenoxy) is 2. The van der Waals surface area contributed by atoms with Gasteiger partial charge in [0.1, 0.15) is 5.75 Å².